The fourth-order valence-electron chi connectivity index (χ4n) is 0.866. The van der Waals surface area contributed by atoms with Crippen molar-refractivity contribution < 1.29 is 8.42 Å². The predicted molar refractivity (Wildman–Crippen MR) is 48.1 cm³/mol. The van der Waals surface area contributed by atoms with E-state index in [2.05, 4.69) is 4.72 Å². The second-order valence-corrected chi connectivity index (χ2v) is 4.38. The topological polar surface area (TPSA) is 46.2 Å². The summed E-state index contributed by atoms with van der Waals surface area (Å²) < 4.78 is 24.4. The highest BCUT2D eigenvalue weighted by Gasteiger charge is 2.06. The first kappa shape index (κ1) is 9.22. The summed E-state index contributed by atoms with van der Waals surface area (Å²) in [4.78, 5) is 0. The third-order valence-corrected chi connectivity index (χ3v) is 2.85. The van der Waals surface area contributed by atoms with Crippen LogP contribution in [-0.2, 0) is 15.8 Å². The van der Waals surface area contributed by atoms with Gasteiger partial charge in [-0.3, -0.25) is 0 Å². The van der Waals surface area contributed by atoms with Gasteiger partial charge in [-0.1, -0.05) is 30.3 Å². The standard InChI is InChI=1S/C8H11NO2S/c1-9-12(10,11)7-8-5-3-2-4-6-8/h2-6,9H,7H2,1H3. The van der Waals surface area contributed by atoms with Crippen molar-refractivity contribution in [2.24, 2.45) is 0 Å². The fraction of sp³-hybridized carbons (Fsp3) is 0.250. The van der Waals surface area contributed by atoms with Gasteiger partial charge in [0.05, 0.1) is 5.75 Å². The van der Waals surface area contributed by atoms with Gasteiger partial charge in [0, 0.05) is 0 Å². The maximum Gasteiger partial charge on any atom is 0.215 e. The van der Waals surface area contributed by atoms with Crippen molar-refractivity contribution in [2.45, 2.75) is 5.75 Å². The van der Waals surface area contributed by atoms with Gasteiger partial charge >= 0.3 is 0 Å². The van der Waals surface area contributed by atoms with E-state index >= 15 is 0 Å². The van der Waals surface area contributed by atoms with E-state index in [1.165, 1.54) is 7.05 Å². The van der Waals surface area contributed by atoms with Crippen molar-refractivity contribution in [3.8, 4) is 0 Å². The van der Waals surface area contributed by atoms with Gasteiger partial charge in [0.25, 0.3) is 0 Å². The van der Waals surface area contributed by atoms with Crippen LogP contribution in [0.15, 0.2) is 30.3 Å². The molecule has 0 heterocycles. The summed E-state index contributed by atoms with van der Waals surface area (Å²) >= 11 is 0. The van der Waals surface area contributed by atoms with Gasteiger partial charge in [0.2, 0.25) is 10.0 Å². The molecule has 0 saturated heterocycles. The molecule has 66 valence electrons. The van der Waals surface area contributed by atoms with Crippen molar-refractivity contribution in [3.63, 3.8) is 0 Å². The molecule has 12 heavy (non-hydrogen) atoms. The molecule has 0 fully saturated rings. The number of benzene rings is 1. The summed E-state index contributed by atoms with van der Waals surface area (Å²) in [6.07, 6.45) is 0. The molecule has 1 N–H and O–H groups in total. The Hall–Kier alpha value is -0.870. The molecular formula is C8H11NO2S. The zero-order chi connectivity index (χ0) is 9.03. The molecule has 0 aliphatic carbocycles. The lowest BCUT2D eigenvalue weighted by Gasteiger charge is -2.00. The van der Waals surface area contributed by atoms with Crippen molar-refractivity contribution in [1.29, 1.82) is 0 Å². The highest BCUT2D eigenvalue weighted by molar-refractivity contribution is 7.88. The molecule has 4 heteroatoms. The van der Waals surface area contributed by atoms with Crippen molar-refractivity contribution in [2.75, 3.05) is 7.05 Å². The Balaban J connectivity index is 2.78. The number of sulfonamides is 1. The lowest BCUT2D eigenvalue weighted by molar-refractivity contribution is 0.587. The Morgan fingerprint density at radius 2 is 1.83 bits per heavy atom. The normalized spacial score (nSPS) is 11.4. The SMILES string of the molecule is CNS(=O)(=O)Cc1ccccc1. The Labute approximate surface area is 72.5 Å². The summed E-state index contributed by atoms with van der Waals surface area (Å²) in [5, 5.41) is 0. The highest BCUT2D eigenvalue weighted by atomic mass is 32.2. The van der Waals surface area contributed by atoms with Gasteiger partial charge in [0.1, 0.15) is 0 Å². The van der Waals surface area contributed by atoms with Gasteiger partial charge in [-0.15, -0.1) is 0 Å². The average molecular weight is 185 g/mol. The molecule has 0 unspecified atom stereocenters. The molecule has 0 aliphatic heterocycles. The molecule has 1 rings (SSSR count). The van der Waals surface area contributed by atoms with E-state index in [-0.39, 0.29) is 5.75 Å². The Kier molecular flexibility index (Phi) is 2.83. The van der Waals surface area contributed by atoms with Crippen molar-refractivity contribution in [1.82, 2.24) is 4.72 Å². The lowest BCUT2D eigenvalue weighted by atomic mass is 10.2. The van der Waals surface area contributed by atoms with Crippen LogP contribution in [0, 0.1) is 0 Å². The third-order valence-electron chi connectivity index (χ3n) is 1.51. The zero-order valence-electron chi connectivity index (χ0n) is 6.82. The van der Waals surface area contributed by atoms with Crippen LogP contribution in [0.4, 0.5) is 0 Å². The van der Waals surface area contributed by atoms with Crippen LogP contribution in [0.2, 0.25) is 0 Å². The Morgan fingerprint density at radius 3 is 2.33 bits per heavy atom. The molecule has 0 aliphatic rings. The molecule has 0 aromatic heterocycles. The summed E-state index contributed by atoms with van der Waals surface area (Å²) in [6.45, 7) is 0. The molecule has 0 radical (unpaired) electrons. The van der Waals surface area contributed by atoms with Gasteiger partial charge < -0.3 is 0 Å². The van der Waals surface area contributed by atoms with E-state index in [9.17, 15) is 8.42 Å². The van der Waals surface area contributed by atoms with E-state index < -0.39 is 10.0 Å². The van der Waals surface area contributed by atoms with E-state index in [4.69, 9.17) is 0 Å². The largest absolute Gasteiger partial charge is 0.218 e. The molecule has 1 aromatic carbocycles. The van der Waals surface area contributed by atoms with Crippen molar-refractivity contribution >= 4 is 10.0 Å². The minimum atomic E-state index is -3.12. The smallest absolute Gasteiger partial charge is 0.215 e. The van der Waals surface area contributed by atoms with Crippen LogP contribution in [0.1, 0.15) is 5.56 Å². The minimum Gasteiger partial charge on any atom is -0.218 e. The van der Waals surface area contributed by atoms with Crippen LogP contribution < -0.4 is 4.72 Å². The fourth-order valence-corrected chi connectivity index (χ4v) is 1.64. The molecule has 1 aromatic rings. The summed E-state index contributed by atoms with van der Waals surface area (Å²) in [7, 11) is -1.71. The first-order valence-electron chi connectivity index (χ1n) is 3.59. The monoisotopic (exact) mass is 185 g/mol. The Bertz CT molecular complexity index is 331. The highest BCUT2D eigenvalue weighted by Crippen LogP contribution is 2.02. The predicted octanol–water partition coefficient (Wildman–Crippen LogP) is 0.736. The van der Waals surface area contributed by atoms with E-state index in [0.717, 1.165) is 5.56 Å². The molecule has 0 atom stereocenters. The number of rotatable bonds is 3. The van der Waals surface area contributed by atoms with E-state index in [1.54, 1.807) is 12.1 Å². The second-order valence-electron chi connectivity index (χ2n) is 2.45. The lowest BCUT2D eigenvalue weighted by Crippen LogP contribution is -2.20. The van der Waals surface area contributed by atoms with E-state index in [1.807, 2.05) is 18.2 Å². The van der Waals surface area contributed by atoms with Gasteiger partial charge in [-0.2, -0.15) is 0 Å². The maximum absolute atomic E-state index is 11.1. The van der Waals surface area contributed by atoms with Crippen LogP contribution in [0.3, 0.4) is 0 Å². The number of nitrogens with one attached hydrogen (secondary N) is 1. The van der Waals surface area contributed by atoms with Crippen LogP contribution in [0.25, 0.3) is 0 Å². The second kappa shape index (κ2) is 3.69. The van der Waals surface area contributed by atoms with Gasteiger partial charge in [-0.25, -0.2) is 13.1 Å². The summed E-state index contributed by atoms with van der Waals surface area (Å²) in [5.41, 5.74) is 0.798. The summed E-state index contributed by atoms with van der Waals surface area (Å²) in [6, 6.07) is 9.07. The van der Waals surface area contributed by atoms with Crippen LogP contribution in [-0.4, -0.2) is 15.5 Å². The molecule has 0 saturated carbocycles. The third kappa shape index (κ3) is 2.64. The Morgan fingerprint density at radius 1 is 1.25 bits per heavy atom. The molecular weight excluding hydrogens is 174 g/mol. The summed E-state index contributed by atoms with van der Waals surface area (Å²) in [5.74, 6) is 0.0460. The maximum atomic E-state index is 11.1. The number of hydrogen-bond donors (Lipinski definition) is 1. The van der Waals surface area contributed by atoms with E-state index in [0.29, 0.717) is 0 Å². The van der Waals surface area contributed by atoms with Gasteiger partial charge in [0.15, 0.2) is 0 Å². The molecule has 0 bridgehead atoms. The number of hydrogen-bond acceptors (Lipinski definition) is 2. The molecule has 3 nitrogen and oxygen atoms in total. The quantitative estimate of drug-likeness (QED) is 0.754. The first-order valence-corrected chi connectivity index (χ1v) is 5.24. The van der Waals surface area contributed by atoms with Crippen LogP contribution >= 0.6 is 0 Å². The average Bonchev–Trinajstić information content (AvgIpc) is 2.06. The molecule has 0 amide bonds. The van der Waals surface area contributed by atoms with Crippen LogP contribution in [0.5, 0.6) is 0 Å². The van der Waals surface area contributed by atoms with Crippen molar-refractivity contribution in [3.05, 3.63) is 35.9 Å². The zero-order valence-corrected chi connectivity index (χ0v) is 7.64. The molecule has 0 spiro atoms. The minimum absolute atomic E-state index is 0.0460. The first-order chi connectivity index (χ1) is 5.64. The van der Waals surface area contributed by atoms with Gasteiger partial charge in [-0.05, 0) is 12.6 Å².